The number of benzene rings is 3. The normalized spacial score (nSPS) is 15.3. The number of rotatable bonds is 7. The lowest BCUT2D eigenvalue weighted by molar-refractivity contribution is 0.0641. The number of nitrogens with zero attached hydrogens (tertiary/aromatic N) is 2. The number of likely N-dealkylation sites (tertiary alicyclic amines) is 1. The Balaban J connectivity index is 1.20. The van der Waals surface area contributed by atoms with E-state index in [9.17, 15) is 5.11 Å². The Morgan fingerprint density at radius 3 is 2.09 bits per heavy atom. The molecule has 2 heterocycles. The van der Waals surface area contributed by atoms with Crippen LogP contribution in [0.1, 0.15) is 24.0 Å². The van der Waals surface area contributed by atoms with E-state index >= 15 is 0 Å². The Morgan fingerprint density at radius 1 is 0.794 bits per heavy atom. The van der Waals surface area contributed by atoms with Crippen LogP contribution in [0.3, 0.4) is 0 Å². The predicted octanol–water partition coefficient (Wildman–Crippen LogP) is 5.57. The van der Waals surface area contributed by atoms with Gasteiger partial charge in [-0.2, -0.15) is 0 Å². The summed E-state index contributed by atoms with van der Waals surface area (Å²) in [7, 11) is 0. The van der Waals surface area contributed by atoms with E-state index in [-0.39, 0.29) is 6.61 Å². The minimum atomic E-state index is -0.554. The molecule has 0 bridgehead atoms. The van der Waals surface area contributed by atoms with Gasteiger partial charge in [0, 0.05) is 31.1 Å². The molecule has 1 saturated heterocycles. The molecule has 3 aromatic carbocycles. The topological polar surface area (TPSA) is 45.6 Å². The molecular weight excluding hydrogens is 420 g/mol. The maximum Gasteiger partial charge on any atom is 0.213 e. The molecule has 1 aliphatic rings. The van der Waals surface area contributed by atoms with Crippen LogP contribution in [0, 0.1) is 0 Å². The van der Waals surface area contributed by atoms with Crippen molar-refractivity contribution in [2.45, 2.75) is 18.9 Å². The van der Waals surface area contributed by atoms with Gasteiger partial charge < -0.3 is 9.84 Å². The average Bonchev–Trinajstić information content (AvgIpc) is 2.90. The second-order valence-electron chi connectivity index (χ2n) is 8.82. The lowest BCUT2D eigenvalue weighted by Gasteiger charge is -2.31. The lowest BCUT2D eigenvalue weighted by atomic mass is 9.88. The Labute approximate surface area is 201 Å². The maximum atomic E-state index is 10.6. The zero-order valence-corrected chi connectivity index (χ0v) is 19.3. The van der Waals surface area contributed by atoms with Crippen LogP contribution in [0.2, 0.25) is 0 Å². The number of ether oxygens (including phenoxy) is 1. The van der Waals surface area contributed by atoms with E-state index in [1.54, 1.807) is 0 Å². The van der Waals surface area contributed by atoms with Gasteiger partial charge in [0.2, 0.25) is 5.88 Å². The monoisotopic (exact) mass is 450 g/mol. The summed E-state index contributed by atoms with van der Waals surface area (Å²) in [5.74, 6) is 0.553. The quantitative estimate of drug-likeness (QED) is 0.400. The molecule has 1 fully saturated rings. The van der Waals surface area contributed by atoms with Crippen molar-refractivity contribution < 1.29 is 9.84 Å². The highest BCUT2D eigenvalue weighted by molar-refractivity contribution is 5.82. The van der Waals surface area contributed by atoms with Gasteiger partial charge in [0.05, 0.1) is 5.52 Å². The van der Waals surface area contributed by atoms with Gasteiger partial charge >= 0.3 is 0 Å². The number of aliphatic hydroxyl groups is 1. The summed E-state index contributed by atoms with van der Waals surface area (Å²) in [5.41, 5.74) is 6.28. The van der Waals surface area contributed by atoms with E-state index in [2.05, 4.69) is 70.5 Å². The Morgan fingerprint density at radius 2 is 1.41 bits per heavy atom. The molecule has 0 radical (unpaired) electrons. The van der Waals surface area contributed by atoms with Crippen LogP contribution >= 0.6 is 0 Å². The Kier molecular flexibility index (Phi) is 6.99. The number of β-amino-alcohol motifs (C(OH)–C–C–N with tert-alkyl or cyclic N) is 1. The minimum absolute atomic E-state index is 0.240. The van der Waals surface area contributed by atoms with Crippen LogP contribution in [0.5, 0.6) is 5.88 Å². The number of fused-ring (bicyclic) bond motifs is 1. The van der Waals surface area contributed by atoms with Crippen molar-refractivity contribution in [1.29, 1.82) is 0 Å². The van der Waals surface area contributed by atoms with Crippen LogP contribution in [0.15, 0.2) is 103 Å². The average molecular weight is 451 g/mol. The molecule has 0 aliphatic carbocycles. The van der Waals surface area contributed by atoms with Crippen LogP contribution < -0.4 is 4.74 Å². The summed E-state index contributed by atoms with van der Waals surface area (Å²) in [6.45, 7) is 2.71. The molecule has 1 N–H and O–H groups in total. The summed E-state index contributed by atoms with van der Waals surface area (Å²) in [5, 5.41) is 11.7. The fraction of sp³-hybridized carbons (Fsp3) is 0.233. The van der Waals surface area contributed by atoms with Crippen LogP contribution in [-0.4, -0.2) is 47.3 Å². The van der Waals surface area contributed by atoms with Crippen LogP contribution in [0.25, 0.3) is 16.5 Å². The van der Waals surface area contributed by atoms with E-state index < -0.39 is 6.10 Å². The van der Waals surface area contributed by atoms with Gasteiger partial charge in [-0.25, -0.2) is 4.98 Å². The zero-order valence-electron chi connectivity index (χ0n) is 19.3. The molecule has 1 unspecified atom stereocenters. The minimum Gasteiger partial charge on any atom is -0.475 e. The van der Waals surface area contributed by atoms with Crippen molar-refractivity contribution in [3.05, 3.63) is 114 Å². The van der Waals surface area contributed by atoms with Gasteiger partial charge in [0.1, 0.15) is 12.7 Å². The largest absolute Gasteiger partial charge is 0.475 e. The SMILES string of the molecule is OC(COc1ccc2ccccc2n1)CN1CCC(=C(c2ccccc2)c2ccccc2)CC1. The molecular formula is C30H30N2O2. The second kappa shape index (κ2) is 10.6. The molecule has 4 nitrogen and oxygen atoms in total. The maximum absolute atomic E-state index is 10.6. The first kappa shape index (κ1) is 22.3. The summed E-state index contributed by atoms with van der Waals surface area (Å²) in [6.07, 6.45) is 1.44. The number of pyridine rings is 1. The van der Waals surface area contributed by atoms with Gasteiger partial charge in [0.15, 0.2) is 0 Å². The molecule has 5 rings (SSSR count). The van der Waals surface area contributed by atoms with Crippen molar-refractivity contribution in [1.82, 2.24) is 9.88 Å². The highest BCUT2D eigenvalue weighted by Gasteiger charge is 2.21. The fourth-order valence-electron chi connectivity index (χ4n) is 4.70. The van der Waals surface area contributed by atoms with Gasteiger partial charge in [-0.15, -0.1) is 0 Å². The van der Waals surface area contributed by atoms with Crippen molar-refractivity contribution in [3.63, 3.8) is 0 Å². The summed E-state index contributed by atoms with van der Waals surface area (Å²) >= 11 is 0. The van der Waals surface area contributed by atoms with Gasteiger partial charge in [0.25, 0.3) is 0 Å². The molecule has 34 heavy (non-hydrogen) atoms. The number of hydrogen-bond acceptors (Lipinski definition) is 4. The highest BCUT2D eigenvalue weighted by Crippen LogP contribution is 2.32. The zero-order chi connectivity index (χ0) is 23.2. The van der Waals surface area contributed by atoms with Gasteiger partial charge in [-0.3, -0.25) is 4.90 Å². The Hall–Kier alpha value is -3.47. The molecule has 4 aromatic rings. The van der Waals surface area contributed by atoms with Crippen molar-refractivity contribution >= 4 is 16.5 Å². The molecule has 1 atom stereocenters. The summed E-state index contributed by atoms with van der Waals surface area (Å²) < 4.78 is 5.80. The van der Waals surface area contributed by atoms with Crippen molar-refractivity contribution in [2.24, 2.45) is 0 Å². The first-order chi connectivity index (χ1) is 16.8. The van der Waals surface area contributed by atoms with E-state index in [0.717, 1.165) is 36.8 Å². The van der Waals surface area contributed by atoms with E-state index in [4.69, 9.17) is 4.74 Å². The Bertz CT molecular complexity index is 1200. The van der Waals surface area contributed by atoms with E-state index in [1.165, 1.54) is 22.3 Å². The third-order valence-electron chi connectivity index (χ3n) is 6.40. The third-order valence-corrected chi connectivity index (χ3v) is 6.40. The molecule has 1 aliphatic heterocycles. The fourth-order valence-corrected chi connectivity index (χ4v) is 4.70. The first-order valence-electron chi connectivity index (χ1n) is 12.0. The molecule has 0 spiro atoms. The number of piperidine rings is 1. The molecule has 0 saturated carbocycles. The number of para-hydroxylation sites is 1. The number of aromatic nitrogens is 1. The molecule has 0 amide bonds. The highest BCUT2D eigenvalue weighted by atomic mass is 16.5. The van der Waals surface area contributed by atoms with Gasteiger partial charge in [-0.1, -0.05) is 84.4 Å². The molecule has 4 heteroatoms. The number of hydrogen-bond donors (Lipinski definition) is 1. The first-order valence-corrected chi connectivity index (χ1v) is 12.0. The van der Waals surface area contributed by atoms with Crippen LogP contribution in [0.4, 0.5) is 0 Å². The molecule has 172 valence electrons. The van der Waals surface area contributed by atoms with Crippen LogP contribution in [-0.2, 0) is 0 Å². The second-order valence-corrected chi connectivity index (χ2v) is 8.82. The standard InChI is InChI=1S/C30H30N2O2/c33-27(22-34-29-16-15-23-9-7-8-14-28(23)31-29)21-32-19-17-26(18-20-32)30(24-10-3-1-4-11-24)25-12-5-2-6-13-25/h1-16,27,33H,17-22H2. The lowest BCUT2D eigenvalue weighted by Crippen LogP contribution is -2.39. The van der Waals surface area contributed by atoms with E-state index in [1.807, 2.05) is 36.4 Å². The summed E-state index contributed by atoms with van der Waals surface area (Å²) in [6, 6.07) is 33.2. The van der Waals surface area contributed by atoms with Crippen molar-refractivity contribution in [3.8, 4) is 5.88 Å². The smallest absolute Gasteiger partial charge is 0.213 e. The number of aliphatic hydroxyl groups excluding tert-OH is 1. The van der Waals surface area contributed by atoms with Gasteiger partial charge in [-0.05, 0) is 41.7 Å². The summed E-state index contributed by atoms with van der Waals surface area (Å²) in [4.78, 5) is 6.86. The van der Waals surface area contributed by atoms with Crippen molar-refractivity contribution in [2.75, 3.05) is 26.2 Å². The van der Waals surface area contributed by atoms with E-state index in [0.29, 0.717) is 12.4 Å². The predicted molar refractivity (Wildman–Crippen MR) is 138 cm³/mol. The third kappa shape index (κ3) is 5.36. The molecule has 1 aromatic heterocycles.